The normalized spacial score (nSPS) is 19.4. The first-order chi connectivity index (χ1) is 26.4. The Balaban J connectivity index is 1.62. The molecule has 0 saturated carbocycles. The van der Waals surface area contributed by atoms with E-state index < -0.39 is 49.8 Å². The summed E-state index contributed by atoms with van der Waals surface area (Å²) in [6, 6.07) is 25.6. The lowest BCUT2D eigenvalue weighted by atomic mass is 9.80. The Bertz CT molecular complexity index is 1930. The zero-order valence-corrected chi connectivity index (χ0v) is 33.2. The van der Waals surface area contributed by atoms with Crippen molar-refractivity contribution in [3.63, 3.8) is 0 Å². The minimum Gasteiger partial charge on any atom is -0.497 e. The Labute approximate surface area is 322 Å². The number of nitriles is 1. The molecule has 5 atom stereocenters. The molecule has 0 bridgehead atoms. The number of H-pyrrole nitrogens is 1. The largest absolute Gasteiger partial charge is 0.497 e. The first kappa shape index (κ1) is 41.7. The number of rotatable bonds is 17. The van der Waals surface area contributed by atoms with Crippen LogP contribution < -0.4 is 20.7 Å². The molecule has 1 aliphatic heterocycles. The maximum atomic E-state index is 17.4. The highest BCUT2D eigenvalue weighted by Gasteiger charge is 2.48. The molecule has 12 nitrogen and oxygen atoms in total. The van der Waals surface area contributed by atoms with Crippen molar-refractivity contribution in [2.24, 2.45) is 0 Å². The molecule has 1 saturated heterocycles. The Morgan fingerprint density at radius 3 is 2.04 bits per heavy atom. The molecule has 2 heterocycles. The first-order valence-electron chi connectivity index (χ1n) is 18.3. The van der Waals surface area contributed by atoms with Crippen LogP contribution in [0.5, 0.6) is 11.5 Å². The number of aromatic nitrogens is 2. The van der Waals surface area contributed by atoms with Gasteiger partial charge in [-0.15, -0.1) is 0 Å². The van der Waals surface area contributed by atoms with Crippen LogP contribution in [0.15, 0.2) is 94.6 Å². The zero-order chi connectivity index (χ0) is 39.7. The van der Waals surface area contributed by atoms with Crippen molar-refractivity contribution in [1.82, 2.24) is 14.2 Å². The van der Waals surface area contributed by atoms with Crippen molar-refractivity contribution in [2.75, 3.05) is 34.0 Å². The SMILES string of the molecule is COc1ccc(C(OC[C@H]2OC[C@@H](n3cc(C)c(=O)[nH]c3=O)[C@@H](F)[C@@H]2OP(OCCC#N)N(C(C)C)C(C)C)(c2ccccc2)c2ccc(OC)cc2)cc1. The van der Waals surface area contributed by atoms with Gasteiger partial charge in [-0.05, 0) is 75.6 Å². The number of benzene rings is 3. The van der Waals surface area contributed by atoms with Gasteiger partial charge in [-0.1, -0.05) is 54.6 Å². The fourth-order valence-corrected chi connectivity index (χ4v) is 8.61. The minimum absolute atomic E-state index is 0.0674. The van der Waals surface area contributed by atoms with Crippen LogP contribution in [0.2, 0.25) is 0 Å². The molecule has 5 rings (SSSR count). The second kappa shape index (κ2) is 19.0. The topological polar surface area (TPSA) is 137 Å². The summed E-state index contributed by atoms with van der Waals surface area (Å²) in [5.74, 6) is 1.32. The molecule has 1 aromatic heterocycles. The summed E-state index contributed by atoms with van der Waals surface area (Å²) < 4.78 is 58.0. The predicted octanol–water partition coefficient (Wildman–Crippen LogP) is 6.81. The number of hydrogen-bond acceptors (Lipinski definition) is 10. The van der Waals surface area contributed by atoms with E-state index in [1.54, 1.807) is 21.1 Å². The second-order valence-corrected chi connectivity index (χ2v) is 15.2. The van der Waals surface area contributed by atoms with Gasteiger partial charge in [-0.3, -0.25) is 14.3 Å². The second-order valence-electron chi connectivity index (χ2n) is 13.8. The van der Waals surface area contributed by atoms with E-state index in [-0.39, 0.29) is 43.9 Å². The van der Waals surface area contributed by atoms with Crippen LogP contribution in [0.3, 0.4) is 0 Å². The molecule has 0 aliphatic carbocycles. The number of aryl methyl sites for hydroxylation is 1. The van der Waals surface area contributed by atoms with E-state index in [4.69, 9.17) is 28.0 Å². The van der Waals surface area contributed by atoms with Gasteiger partial charge in [-0.25, -0.2) is 13.9 Å². The Kier molecular flexibility index (Phi) is 14.4. The van der Waals surface area contributed by atoms with Gasteiger partial charge in [0.15, 0.2) is 6.17 Å². The molecular weight excluding hydrogens is 726 g/mol. The summed E-state index contributed by atoms with van der Waals surface area (Å²) in [5, 5.41) is 9.31. The molecule has 294 valence electrons. The maximum absolute atomic E-state index is 17.4. The highest BCUT2D eigenvalue weighted by Crippen LogP contribution is 2.50. The van der Waals surface area contributed by atoms with Crippen molar-refractivity contribution < 1.29 is 32.4 Å². The molecule has 0 spiro atoms. The molecule has 1 aliphatic rings. The van der Waals surface area contributed by atoms with Crippen LogP contribution in [-0.4, -0.2) is 78.7 Å². The number of nitrogens with one attached hydrogen (secondary N) is 1. The fourth-order valence-electron chi connectivity index (χ4n) is 6.85. The van der Waals surface area contributed by atoms with Crippen molar-refractivity contribution >= 4 is 8.53 Å². The molecular formula is C41H50FN4O8P. The third-order valence-electron chi connectivity index (χ3n) is 9.54. The van der Waals surface area contributed by atoms with E-state index in [2.05, 4.69) is 11.1 Å². The summed E-state index contributed by atoms with van der Waals surface area (Å²) in [4.78, 5) is 27.6. The van der Waals surface area contributed by atoms with Crippen molar-refractivity contribution in [3.8, 4) is 17.6 Å². The molecule has 1 N–H and O–H groups in total. The molecule has 1 fully saturated rings. The van der Waals surface area contributed by atoms with Gasteiger partial charge in [0.1, 0.15) is 29.3 Å². The summed E-state index contributed by atoms with van der Waals surface area (Å²) in [6.07, 6.45) is -2.69. The van der Waals surface area contributed by atoms with E-state index in [0.717, 1.165) is 21.3 Å². The number of hydrogen-bond donors (Lipinski definition) is 1. The van der Waals surface area contributed by atoms with E-state index >= 15 is 4.39 Å². The summed E-state index contributed by atoms with van der Waals surface area (Å²) in [7, 11) is 1.25. The lowest BCUT2D eigenvalue weighted by Crippen LogP contribution is -2.54. The molecule has 1 unspecified atom stereocenters. The van der Waals surface area contributed by atoms with Crippen LogP contribution in [0.25, 0.3) is 0 Å². The molecule has 14 heteroatoms. The van der Waals surface area contributed by atoms with Gasteiger partial charge in [0.05, 0.1) is 52.6 Å². The number of ether oxygens (including phenoxy) is 4. The van der Waals surface area contributed by atoms with Crippen LogP contribution in [0.4, 0.5) is 4.39 Å². The molecule has 55 heavy (non-hydrogen) atoms. The van der Waals surface area contributed by atoms with Gasteiger partial charge in [0.25, 0.3) is 14.1 Å². The lowest BCUT2D eigenvalue weighted by Gasteiger charge is -2.44. The van der Waals surface area contributed by atoms with Gasteiger partial charge >= 0.3 is 5.69 Å². The number of halogens is 1. The van der Waals surface area contributed by atoms with Crippen molar-refractivity contribution in [1.29, 1.82) is 5.26 Å². The van der Waals surface area contributed by atoms with Gasteiger partial charge in [0.2, 0.25) is 0 Å². The quantitative estimate of drug-likeness (QED) is 0.0692. The molecule has 4 aromatic rings. The van der Waals surface area contributed by atoms with Crippen LogP contribution in [-0.2, 0) is 24.1 Å². The maximum Gasteiger partial charge on any atom is 0.328 e. The third-order valence-corrected chi connectivity index (χ3v) is 11.7. The molecule has 0 radical (unpaired) electrons. The van der Waals surface area contributed by atoms with Crippen molar-refractivity contribution in [3.05, 3.63) is 128 Å². The van der Waals surface area contributed by atoms with Gasteiger partial charge in [0, 0.05) is 23.8 Å². The number of nitrogens with zero attached hydrogens (tertiary/aromatic N) is 3. The van der Waals surface area contributed by atoms with Gasteiger partial charge < -0.3 is 28.0 Å². The lowest BCUT2D eigenvalue weighted by molar-refractivity contribution is -0.163. The number of alkyl halides is 1. The standard InChI is InChI=1S/C41H50FN4O8P/c1-27(2)46(28(3)4)55(53-23-11-22-43)54-38-36(51-25-35(37(38)42)45-24-29(5)39(47)44-40(45)48)26-52-41(30-12-9-8-10-13-30,31-14-18-33(49-6)19-15-31)32-16-20-34(50-7)21-17-32/h8-10,12-21,24,27-28,35-38H,11,23,25-26H2,1-7H3,(H,44,47,48)/t35-,36-,37-,38-,55?/m1/s1. The first-order valence-corrected chi connectivity index (χ1v) is 19.4. The Morgan fingerprint density at radius 2 is 1.51 bits per heavy atom. The van der Waals surface area contributed by atoms with E-state index in [1.165, 1.54) is 6.20 Å². The van der Waals surface area contributed by atoms with E-state index in [0.29, 0.717) is 11.5 Å². The number of methoxy groups -OCH3 is 2. The van der Waals surface area contributed by atoms with E-state index in [9.17, 15) is 14.9 Å². The average molecular weight is 777 g/mol. The fraction of sp³-hybridized carbons (Fsp3) is 0.439. The van der Waals surface area contributed by atoms with Gasteiger partial charge in [-0.2, -0.15) is 5.26 Å². The van der Waals surface area contributed by atoms with Crippen molar-refractivity contribution in [2.45, 2.75) is 83.1 Å². The van der Waals surface area contributed by atoms with Crippen LogP contribution in [0, 0.1) is 18.3 Å². The molecule has 3 aromatic carbocycles. The monoisotopic (exact) mass is 776 g/mol. The third kappa shape index (κ3) is 9.35. The summed E-state index contributed by atoms with van der Waals surface area (Å²) in [5.41, 5.74) is 0.0399. The zero-order valence-electron chi connectivity index (χ0n) is 32.3. The van der Waals surface area contributed by atoms with Crippen LogP contribution >= 0.6 is 8.53 Å². The summed E-state index contributed by atoms with van der Waals surface area (Å²) >= 11 is 0. The highest BCUT2D eigenvalue weighted by atomic mass is 31.2. The Hall–Kier alpha value is -4.41. The highest BCUT2D eigenvalue weighted by molar-refractivity contribution is 7.44. The predicted molar refractivity (Wildman–Crippen MR) is 208 cm³/mol. The smallest absolute Gasteiger partial charge is 0.328 e. The Morgan fingerprint density at radius 1 is 0.945 bits per heavy atom. The number of aromatic amines is 1. The average Bonchev–Trinajstić information content (AvgIpc) is 3.18. The summed E-state index contributed by atoms with van der Waals surface area (Å²) in [6.45, 7) is 9.19. The van der Waals surface area contributed by atoms with E-state index in [1.807, 2.05) is 111 Å². The molecule has 0 amide bonds. The van der Waals surface area contributed by atoms with Crippen LogP contribution in [0.1, 0.15) is 62.4 Å². The minimum atomic E-state index is -1.95.